The van der Waals surface area contributed by atoms with E-state index in [0.29, 0.717) is 22.6 Å². The van der Waals surface area contributed by atoms with Crippen molar-refractivity contribution < 1.29 is 18.3 Å². The van der Waals surface area contributed by atoms with Crippen molar-refractivity contribution in [2.75, 3.05) is 0 Å². The molecule has 25 heavy (non-hydrogen) atoms. The molecule has 3 rings (SSSR count). The van der Waals surface area contributed by atoms with Crippen LogP contribution in [0.5, 0.6) is 5.75 Å². The molecule has 4 heteroatoms. The number of carbonyl (C=O) groups is 1. The molecule has 0 bridgehead atoms. The van der Waals surface area contributed by atoms with Crippen LogP contribution in [0.25, 0.3) is 11.1 Å². The molecule has 0 amide bonds. The third kappa shape index (κ3) is 4.06. The number of ether oxygens (including phenoxy) is 1. The summed E-state index contributed by atoms with van der Waals surface area (Å²) in [5.41, 5.74) is 1.67. The predicted octanol–water partition coefficient (Wildman–Crippen LogP) is 5.67. The van der Waals surface area contributed by atoms with Gasteiger partial charge in [-0.05, 0) is 73.4 Å². The molecule has 0 heterocycles. The van der Waals surface area contributed by atoms with Gasteiger partial charge in [-0.15, -0.1) is 0 Å². The number of carbonyl (C=O) groups excluding carboxylic acids is 1. The lowest BCUT2D eigenvalue weighted by atomic mass is 9.83. The fraction of sp³-hybridized carbons (Fsp3) is 0.381. The summed E-state index contributed by atoms with van der Waals surface area (Å²) >= 11 is 0. The van der Waals surface area contributed by atoms with Crippen LogP contribution in [0.4, 0.5) is 8.78 Å². The highest BCUT2D eigenvalue weighted by Crippen LogP contribution is 2.31. The Balaban J connectivity index is 1.73. The van der Waals surface area contributed by atoms with Gasteiger partial charge in [-0.1, -0.05) is 25.1 Å². The molecule has 0 spiro atoms. The minimum absolute atomic E-state index is 0.0695. The van der Waals surface area contributed by atoms with Crippen molar-refractivity contribution in [3.05, 3.63) is 53.6 Å². The molecule has 2 nitrogen and oxygen atoms in total. The van der Waals surface area contributed by atoms with Gasteiger partial charge in [0.1, 0.15) is 5.82 Å². The van der Waals surface area contributed by atoms with Crippen molar-refractivity contribution in [1.29, 1.82) is 0 Å². The van der Waals surface area contributed by atoms with Crippen molar-refractivity contribution in [2.24, 2.45) is 11.8 Å². The summed E-state index contributed by atoms with van der Waals surface area (Å²) in [5, 5.41) is 0. The number of hydrogen-bond donors (Lipinski definition) is 0. The van der Waals surface area contributed by atoms with Gasteiger partial charge in [-0.25, -0.2) is 8.78 Å². The maximum absolute atomic E-state index is 14.3. The number of rotatable bonds is 3. The number of halogens is 2. The van der Waals surface area contributed by atoms with Crippen LogP contribution >= 0.6 is 0 Å². The Morgan fingerprint density at radius 1 is 0.960 bits per heavy atom. The fourth-order valence-electron chi connectivity index (χ4n) is 3.22. The number of benzene rings is 2. The molecule has 2 aromatic carbocycles. The molecule has 0 radical (unpaired) electrons. The quantitative estimate of drug-likeness (QED) is 0.529. The topological polar surface area (TPSA) is 26.3 Å². The van der Waals surface area contributed by atoms with E-state index < -0.39 is 5.82 Å². The van der Waals surface area contributed by atoms with E-state index in [1.807, 2.05) is 0 Å². The van der Waals surface area contributed by atoms with Crippen molar-refractivity contribution in [3.8, 4) is 16.9 Å². The van der Waals surface area contributed by atoms with Gasteiger partial charge in [-0.3, -0.25) is 4.79 Å². The van der Waals surface area contributed by atoms with E-state index in [1.54, 1.807) is 25.1 Å². The molecule has 0 atom stereocenters. The molecule has 0 aromatic heterocycles. The van der Waals surface area contributed by atoms with Crippen LogP contribution in [-0.4, -0.2) is 5.97 Å². The van der Waals surface area contributed by atoms with E-state index in [0.717, 1.165) is 25.7 Å². The van der Waals surface area contributed by atoms with Crippen molar-refractivity contribution in [3.63, 3.8) is 0 Å². The lowest BCUT2D eigenvalue weighted by molar-refractivity contribution is -0.140. The van der Waals surface area contributed by atoms with Gasteiger partial charge in [0.15, 0.2) is 11.6 Å². The monoisotopic (exact) mass is 344 g/mol. The summed E-state index contributed by atoms with van der Waals surface area (Å²) in [4.78, 5) is 12.2. The molecule has 0 aliphatic heterocycles. The Morgan fingerprint density at radius 3 is 2.16 bits per heavy atom. The average molecular weight is 344 g/mol. The highest BCUT2D eigenvalue weighted by Gasteiger charge is 2.26. The van der Waals surface area contributed by atoms with Gasteiger partial charge >= 0.3 is 5.97 Å². The first-order valence-corrected chi connectivity index (χ1v) is 8.72. The molecular formula is C21H22F2O2. The molecule has 1 saturated carbocycles. The highest BCUT2D eigenvalue weighted by molar-refractivity contribution is 5.75. The van der Waals surface area contributed by atoms with E-state index in [2.05, 4.69) is 6.92 Å². The predicted molar refractivity (Wildman–Crippen MR) is 93.3 cm³/mol. The van der Waals surface area contributed by atoms with Gasteiger partial charge in [0.05, 0.1) is 5.92 Å². The van der Waals surface area contributed by atoms with Gasteiger partial charge in [0, 0.05) is 0 Å². The zero-order chi connectivity index (χ0) is 18.0. The first-order chi connectivity index (χ1) is 11.9. The third-order valence-corrected chi connectivity index (χ3v) is 5.00. The molecule has 1 fully saturated rings. The maximum Gasteiger partial charge on any atom is 0.314 e. The van der Waals surface area contributed by atoms with E-state index >= 15 is 0 Å². The summed E-state index contributed by atoms with van der Waals surface area (Å²) in [6, 6.07) is 9.11. The SMILES string of the molecule is Cc1ccc(-c2ccc(OC(=O)C3CCC(C)CC3)c(F)c2)cc1F. The highest BCUT2D eigenvalue weighted by atomic mass is 19.1. The fourth-order valence-corrected chi connectivity index (χ4v) is 3.22. The van der Waals surface area contributed by atoms with Crippen LogP contribution in [0, 0.1) is 30.4 Å². The van der Waals surface area contributed by atoms with Crippen LogP contribution in [0.3, 0.4) is 0 Å². The summed E-state index contributed by atoms with van der Waals surface area (Å²) < 4.78 is 33.3. The minimum atomic E-state index is -0.615. The van der Waals surface area contributed by atoms with Gasteiger partial charge in [0.2, 0.25) is 0 Å². The second-order valence-electron chi connectivity index (χ2n) is 6.99. The Morgan fingerprint density at radius 2 is 1.56 bits per heavy atom. The largest absolute Gasteiger partial charge is 0.423 e. The van der Waals surface area contributed by atoms with E-state index in [4.69, 9.17) is 4.74 Å². The minimum Gasteiger partial charge on any atom is -0.423 e. The molecule has 132 valence electrons. The number of aryl methyl sites for hydroxylation is 1. The second kappa shape index (κ2) is 7.34. The molecule has 1 aliphatic carbocycles. The Bertz CT molecular complexity index is 777. The Kier molecular flexibility index (Phi) is 5.16. The lowest BCUT2D eigenvalue weighted by Crippen LogP contribution is -2.25. The zero-order valence-corrected chi connectivity index (χ0v) is 14.5. The third-order valence-electron chi connectivity index (χ3n) is 5.00. The van der Waals surface area contributed by atoms with E-state index in [1.165, 1.54) is 18.2 Å². The average Bonchev–Trinajstić information content (AvgIpc) is 2.59. The van der Waals surface area contributed by atoms with Crippen LogP contribution in [0.15, 0.2) is 36.4 Å². The zero-order valence-electron chi connectivity index (χ0n) is 14.5. The molecule has 1 aliphatic rings. The summed E-state index contributed by atoms with van der Waals surface area (Å²) in [7, 11) is 0. The van der Waals surface area contributed by atoms with Gasteiger partial charge in [0.25, 0.3) is 0 Å². The standard InChI is InChI=1S/C21H22F2O2/c1-13-3-6-15(7-4-13)21(24)25-20-10-9-17(12-19(20)23)16-8-5-14(2)18(22)11-16/h5,8-13,15H,3-4,6-7H2,1-2H3. The van der Waals surface area contributed by atoms with Gasteiger partial charge in [-0.2, -0.15) is 0 Å². The number of hydrogen-bond acceptors (Lipinski definition) is 2. The molecule has 0 N–H and O–H groups in total. The van der Waals surface area contributed by atoms with E-state index in [-0.39, 0.29) is 23.5 Å². The van der Waals surface area contributed by atoms with Crippen LogP contribution in [0.2, 0.25) is 0 Å². The molecule has 0 unspecified atom stereocenters. The van der Waals surface area contributed by atoms with Gasteiger partial charge < -0.3 is 4.74 Å². The van der Waals surface area contributed by atoms with Crippen molar-refractivity contribution in [2.45, 2.75) is 39.5 Å². The first-order valence-electron chi connectivity index (χ1n) is 8.72. The van der Waals surface area contributed by atoms with Crippen molar-refractivity contribution in [1.82, 2.24) is 0 Å². The van der Waals surface area contributed by atoms with Crippen LogP contribution in [0.1, 0.15) is 38.2 Å². The Labute approximate surface area is 146 Å². The summed E-state index contributed by atoms with van der Waals surface area (Å²) in [6.07, 6.45) is 3.59. The maximum atomic E-state index is 14.3. The number of esters is 1. The van der Waals surface area contributed by atoms with Crippen LogP contribution < -0.4 is 4.74 Å². The Hall–Kier alpha value is -2.23. The lowest BCUT2D eigenvalue weighted by Gasteiger charge is -2.24. The second-order valence-corrected chi connectivity index (χ2v) is 6.99. The molecule has 0 saturated heterocycles. The van der Waals surface area contributed by atoms with E-state index in [9.17, 15) is 13.6 Å². The van der Waals surface area contributed by atoms with Crippen molar-refractivity contribution >= 4 is 5.97 Å². The first kappa shape index (κ1) is 17.6. The summed E-state index contributed by atoms with van der Waals surface area (Å²) in [5.74, 6) is -0.896. The smallest absolute Gasteiger partial charge is 0.314 e. The summed E-state index contributed by atoms with van der Waals surface area (Å²) in [6.45, 7) is 3.85. The molecular weight excluding hydrogens is 322 g/mol. The van der Waals surface area contributed by atoms with Crippen LogP contribution in [-0.2, 0) is 4.79 Å². The normalized spacial score (nSPS) is 20.3. The molecule has 2 aromatic rings.